The van der Waals surface area contributed by atoms with Gasteiger partial charge in [0, 0.05) is 35.2 Å². The smallest absolute Gasteiger partial charge is 0.0485 e. The van der Waals surface area contributed by atoms with Crippen molar-refractivity contribution in [3.63, 3.8) is 0 Å². The van der Waals surface area contributed by atoms with Crippen molar-refractivity contribution in [2.45, 2.75) is 19.0 Å². The summed E-state index contributed by atoms with van der Waals surface area (Å²) in [7, 11) is 0. The molecule has 0 amide bonds. The second-order valence-corrected chi connectivity index (χ2v) is 6.70. The SMILES string of the molecule is NCC(c1ccc(Cl)cc1Br)N1CCc2ccccc2C1. The van der Waals surface area contributed by atoms with Crippen molar-refractivity contribution in [3.05, 3.63) is 68.7 Å². The highest BCUT2D eigenvalue weighted by atomic mass is 79.9. The van der Waals surface area contributed by atoms with Gasteiger partial charge in [0.15, 0.2) is 0 Å². The molecule has 0 bridgehead atoms. The molecule has 1 atom stereocenters. The Kier molecular flexibility index (Phi) is 4.65. The number of halogens is 2. The molecule has 1 aliphatic rings. The lowest BCUT2D eigenvalue weighted by Crippen LogP contribution is -2.37. The van der Waals surface area contributed by atoms with E-state index in [1.165, 1.54) is 16.7 Å². The molecule has 1 unspecified atom stereocenters. The third-order valence-electron chi connectivity index (χ3n) is 4.15. The highest BCUT2D eigenvalue weighted by Crippen LogP contribution is 2.32. The lowest BCUT2D eigenvalue weighted by atomic mass is 9.96. The molecule has 0 fully saturated rings. The molecule has 21 heavy (non-hydrogen) atoms. The number of nitrogens with zero attached hydrogens (tertiary/aromatic N) is 1. The van der Waals surface area contributed by atoms with Gasteiger partial charge in [0.2, 0.25) is 0 Å². The van der Waals surface area contributed by atoms with Crippen LogP contribution in [0.2, 0.25) is 5.02 Å². The Morgan fingerprint density at radius 1 is 1.19 bits per heavy atom. The second-order valence-electron chi connectivity index (χ2n) is 5.41. The molecular formula is C17H18BrClN2. The molecule has 0 aromatic heterocycles. The minimum absolute atomic E-state index is 0.213. The van der Waals surface area contributed by atoms with Crippen molar-refractivity contribution < 1.29 is 0 Å². The number of benzene rings is 2. The van der Waals surface area contributed by atoms with E-state index in [4.69, 9.17) is 17.3 Å². The zero-order valence-electron chi connectivity index (χ0n) is 11.7. The molecule has 2 aromatic rings. The summed E-state index contributed by atoms with van der Waals surface area (Å²) in [5.74, 6) is 0. The van der Waals surface area contributed by atoms with Crippen molar-refractivity contribution >= 4 is 27.5 Å². The summed E-state index contributed by atoms with van der Waals surface area (Å²) in [5, 5.41) is 0.741. The van der Waals surface area contributed by atoms with Crippen LogP contribution in [0, 0.1) is 0 Å². The third kappa shape index (κ3) is 3.16. The number of nitrogens with two attached hydrogens (primary N) is 1. The molecule has 3 rings (SSSR count). The Balaban J connectivity index is 1.88. The van der Waals surface area contributed by atoms with Crippen LogP contribution >= 0.6 is 27.5 Å². The van der Waals surface area contributed by atoms with Gasteiger partial charge in [-0.2, -0.15) is 0 Å². The monoisotopic (exact) mass is 364 g/mol. The average Bonchev–Trinajstić information content (AvgIpc) is 2.50. The lowest BCUT2D eigenvalue weighted by molar-refractivity contribution is 0.183. The third-order valence-corrected chi connectivity index (χ3v) is 5.07. The van der Waals surface area contributed by atoms with Gasteiger partial charge in [-0.3, -0.25) is 4.90 Å². The molecule has 0 radical (unpaired) electrons. The highest BCUT2D eigenvalue weighted by molar-refractivity contribution is 9.10. The van der Waals surface area contributed by atoms with E-state index in [9.17, 15) is 0 Å². The minimum Gasteiger partial charge on any atom is -0.329 e. The van der Waals surface area contributed by atoms with Crippen LogP contribution in [0.1, 0.15) is 22.7 Å². The molecular weight excluding hydrogens is 348 g/mol. The van der Waals surface area contributed by atoms with Gasteiger partial charge >= 0.3 is 0 Å². The Morgan fingerprint density at radius 3 is 2.67 bits per heavy atom. The number of hydrogen-bond donors (Lipinski definition) is 1. The number of hydrogen-bond acceptors (Lipinski definition) is 2. The molecule has 2 aromatic carbocycles. The van der Waals surface area contributed by atoms with E-state index in [1.807, 2.05) is 12.1 Å². The van der Waals surface area contributed by atoms with Gasteiger partial charge in [0.1, 0.15) is 0 Å². The van der Waals surface area contributed by atoms with Crippen LogP contribution in [0.25, 0.3) is 0 Å². The highest BCUT2D eigenvalue weighted by Gasteiger charge is 2.25. The normalized spacial score (nSPS) is 16.5. The molecule has 2 N–H and O–H groups in total. The van der Waals surface area contributed by atoms with E-state index in [1.54, 1.807) is 0 Å². The van der Waals surface area contributed by atoms with Crippen LogP contribution in [0.3, 0.4) is 0 Å². The van der Waals surface area contributed by atoms with Crippen molar-refractivity contribution in [2.75, 3.05) is 13.1 Å². The summed E-state index contributed by atoms with van der Waals surface area (Å²) in [6, 6.07) is 14.8. The van der Waals surface area contributed by atoms with E-state index in [0.29, 0.717) is 6.54 Å². The Bertz CT molecular complexity index is 644. The molecule has 0 spiro atoms. The molecule has 1 aliphatic heterocycles. The Hall–Kier alpha value is -0.870. The fourth-order valence-electron chi connectivity index (χ4n) is 3.03. The summed E-state index contributed by atoms with van der Waals surface area (Å²) in [6.07, 6.45) is 1.08. The molecule has 0 aliphatic carbocycles. The van der Waals surface area contributed by atoms with Crippen LogP contribution in [-0.2, 0) is 13.0 Å². The minimum atomic E-state index is 0.213. The van der Waals surface area contributed by atoms with Gasteiger partial charge in [0.05, 0.1) is 0 Å². The summed E-state index contributed by atoms with van der Waals surface area (Å²) < 4.78 is 1.03. The van der Waals surface area contributed by atoms with Gasteiger partial charge in [-0.1, -0.05) is 57.9 Å². The quantitative estimate of drug-likeness (QED) is 0.885. The largest absolute Gasteiger partial charge is 0.329 e. The van der Waals surface area contributed by atoms with Gasteiger partial charge < -0.3 is 5.73 Å². The van der Waals surface area contributed by atoms with E-state index < -0.39 is 0 Å². The molecule has 1 heterocycles. The van der Waals surface area contributed by atoms with E-state index in [2.05, 4.69) is 51.2 Å². The summed E-state index contributed by atoms with van der Waals surface area (Å²) in [5.41, 5.74) is 10.1. The van der Waals surface area contributed by atoms with Crippen LogP contribution in [-0.4, -0.2) is 18.0 Å². The van der Waals surface area contributed by atoms with E-state index >= 15 is 0 Å². The Labute approximate surface area is 139 Å². The fraction of sp³-hybridized carbons (Fsp3) is 0.294. The predicted molar refractivity (Wildman–Crippen MR) is 91.5 cm³/mol. The summed E-state index contributed by atoms with van der Waals surface area (Å²) in [6.45, 7) is 2.59. The summed E-state index contributed by atoms with van der Waals surface area (Å²) >= 11 is 9.66. The van der Waals surface area contributed by atoms with Gasteiger partial charge in [0.25, 0.3) is 0 Å². The molecule has 4 heteroatoms. The molecule has 110 valence electrons. The average molecular weight is 366 g/mol. The zero-order valence-corrected chi connectivity index (χ0v) is 14.1. The van der Waals surface area contributed by atoms with Gasteiger partial charge in [-0.15, -0.1) is 0 Å². The molecule has 2 nitrogen and oxygen atoms in total. The maximum absolute atomic E-state index is 6.07. The van der Waals surface area contributed by atoms with Crippen LogP contribution in [0.5, 0.6) is 0 Å². The number of fused-ring (bicyclic) bond motifs is 1. The maximum atomic E-state index is 6.07. The van der Waals surface area contributed by atoms with Crippen LogP contribution < -0.4 is 5.73 Å². The van der Waals surface area contributed by atoms with E-state index in [0.717, 1.165) is 29.0 Å². The number of rotatable bonds is 3. The van der Waals surface area contributed by atoms with Crippen molar-refractivity contribution in [2.24, 2.45) is 5.73 Å². The van der Waals surface area contributed by atoms with E-state index in [-0.39, 0.29) is 6.04 Å². The van der Waals surface area contributed by atoms with Crippen molar-refractivity contribution in [3.8, 4) is 0 Å². The fourth-order valence-corrected chi connectivity index (χ4v) is 3.97. The first kappa shape index (κ1) is 15.0. The van der Waals surface area contributed by atoms with Crippen molar-refractivity contribution in [1.29, 1.82) is 0 Å². The predicted octanol–water partition coefficient (Wildman–Crippen LogP) is 4.16. The first-order valence-electron chi connectivity index (χ1n) is 7.15. The van der Waals surface area contributed by atoms with Crippen molar-refractivity contribution in [1.82, 2.24) is 4.90 Å². The second kappa shape index (κ2) is 6.49. The first-order valence-corrected chi connectivity index (χ1v) is 8.32. The van der Waals surface area contributed by atoms with Gasteiger partial charge in [-0.05, 0) is 35.2 Å². The first-order chi connectivity index (χ1) is 10.2. The standard InChI is InChI=1S/C17H18BrClN2/c18-16-9-14(19)5-6-15(16)17(10-20)21-8-7-12-3-1-2-4-13(12)11-21/h1-6,9,17H,7-8,10-11,20H2. The molecule has 0 saturated heterocycles. The lowest BCUT2D eigenvalue weighted by Gasteiger charge is -2.35. The molecule has 0 saturated carbocycles. The van der Waals surface area contributed by atoms with Crippen LogP contribution in [0.4, 0.5) is 0 Å². The maximum Gasteiger partial charge on any atom is 0.0485 e. The van der Waals surface area contributed by atoms with Crippen LogP contribution in [0.15, 0.2) is 46.9 Å². The Morgan fingerprint density at radius 2 is 1.95 bits per heavy atom. The summed E-state index contributed by atoms with van der Waals surface area (Å²) in [4.78, 5) is 2.45. The zero-order chi connectivity index (χ0) is 14.8. The van der Waals surface area contributed by atoms with Gasteiger partial charge in [-0.25, -0.2) is 0 Å². The topological polar surface area (TPSA) is 29.3 Å².